The number of carbonyl (C=O) groups is 1. The van der Waals surface area contributed by atoms with Crippen molar-refractivity contribution in [2.75, 3.05) is 13.1 Å². The largest absolute Gasteiger partial charge is 0.351 e. The molecule has 4 nitrogen and oxygen atoms in total. The lowest BCUT2D eigenvalue weighted by Crippen LogP contribution is -2.46. The van der Waals surface area contributed by atoms with Crippen molar-refractivity contribution < 1.29 is 4.79 Å². The van der Waals surface area contributed by atoms with Crippen LogP contribution in [0.15, 0.2) is 24.3 Å². The van der Waals surface area contributed by atoms with Gasteiger partial charge in [0.1, 0.15) is 0 Å². The number of halogens is 2. The van der Waals surface area contributed by atoms with Crippen molar-refractivity contribution in [1.29, 1.82) is 0 Å². The number of likely N-dealkylation sites (tertiary alicyclic amines) is 1. The minimum Gasteiger partial charge on any atom is -0.351 e. The summed E-state index contributed by atoms with van der Waals surface area (Å²) in [5.74, 6) is 0.140. The first kappa shape index (κ1) is 23.2. The molecule has 0 radical (unpaired) electrons. The summed E-state index contributed by atoms with van der Waals surface area (Å²) in [5.41, 5.74) is 2.54. The van der Waals surface area contributed by atoms with Crippen LogP contribution >= 0.6 is 24.8 Å². The second kappa shape index (κ2) is 11.8. The topological polar surface area (TPSA) is 44.4 Å². The molecule has 1 aromatic carbocycles. The van der Waals surface area contributed by atoms with E-state index >= 15 is 0 Å². The Morgan fingerprint density at radius 3 is 2.42 bits per heavy atom. The predicted molar refractivity (Wildman–Crippen MR) is 112 cm³/mol. The van der Waals surface area contributed by atoms with Crippen LogP contribution in [0.1, 0.15) is 56.6 Å². The van der Waals surface area contributed by atoms with Crippen LogP contribution in [-0.4, -0.2) is 36.0 Å². The number of nitrogens with zero attached hydrogens (tertiary/aromatic N) is 1. The van der Waals surface area contributed by atoms with E-state index in [1.54, 1.807) is 0 Å². The van der Waals surface area contributed by atoms with Crippen molar-refractivity contribution in [2.45, 2.75) is 70.6 Å². The molecule has 148 valence electrons. The molecule has 0 aromatic heterocycles. The number of hydrogen-bond donors (Lipinski definition) is 2. The summed E-state index contributed by atoms with van der Waals surface area (Å²) in [6, 6.07) is 9.42. The van der Waals surface area contributed by atoms with E-state index in [-0.39, 0.29) is 36.8 Å². The van der Waals surface area contributed by atoms with Gasteiger partial charge in [-0.15, -0.1) is 24.8 Å². The van der Waals surface area contributed by atoms with Crippen LogP contribution in [0.25, 0.3) is 0 Å². The van der Waals surface area contributed by atoms with Gasteiger partial charge in [0.05, 0.1) is 6.04 Å². The second-order valence-electron chi connectivity index (χ2n) is 7.35. The van der Waals surface area contributed by atoms with Crippen LogP contribution in [0.4, 0.5) is 0 Å². The first-order valence-electron chi connectivity index (χ1n) is 9.55. The van der Waals surface area contributed by atoms with Gasteiger partial charge in [0.15, 0.2) is 0 Å². The Bertz CT molecular complexity index is 532. The normalized spacial score (nSPS) is 23.4. The van der Waals surface area contributed by atoms with Crippen LogP contribution in [0.5, 0.6) is 0 Å². The van der Waals surface area contributed by atoms with E-state index in [1.165, 1.54) is 43.4 Å². The SMILES string of the molecule is CC1CCCCN1Cc1ccc(CNC(=O)C2CCCCN2)cc1.Cl.Cl. The van der Waals surface area contributed by atoms with Crippen LogP contribution in [-0.2, 0) is 17.9 Å². The van der Waals surface area contributed by atoms with Gasteiger partial charge in [0.2, 0.25) is 5.91 Å². The molecular weight excluding hydrogens is 369 g/mol. The third kappa shape index (κ3) is 6.73. The van der Waals surface area contributed by atoms with Crippen molar-refractivity contribution in [2.24, 2.45) is 0 Å². The summed E-state index contributed by atoms with van der Waals surface area (Å²) in [6.45, 7) is 6.18. The lowest BCUT2D eigenvalue weighted by Gasteiger charge is -2.33. The third-order valence-corrected chi connectivity index (χ3v) is 5.44. The summed E-state index contributed by atoms with van der Waals surface area (Å²) < 4.78 is 0. The number of amides is 1. The molecule has 2 atom stereocenters. The molecule has 2 unspecified atom stereocenters. The van der Waals surface area contributed by atoms with Gasteiger partial charge in [-0.25, -0.2) is 0 Å². The summed E-state index contributed by atoms with van der Waals surface area (Å²) >= 11 is 0. The van der Waals surface area contributed by atoms with Crippen LogP contribution in [0.3, 0.4) is 0 Å². The Labute approximate surface area is 170 Å². The van der Waals surface area contributed by atoms with Gasteiger partial charge in [-0.2, -0.15) is 0 Å². The number of piperidine rings is 2. The predicted octanol–water partition coefficient (Wildman–Crippen LogP) is 3.66. The van der Waals surface area contributed by atoms with Gasteiger partial charge in [-0.05, 0) is 56.8 Å². The van der Waals surface area contributed by atoms with Gasteiger partial charge in [0.25, 0.3) is 0 Å². The molecule has 0 spiro atoms. The van der Waals surface area contributed by atoms with Crippen LogP contribution < -0.4 is 10.6 Å². The highest BCUT2D eigenvalue weighted by atomic mass is 35.5. The van der Waals surface area contributed by atoms with Crippen molar-refractivity contribution in [3.05, 3.63) is 35.4 Å². The Hall–Kier alpha value is -0.810. The zero-order valence-electron chi connectivity index (χ0n) is 15.7. The highest BCUT2D eigenvalue weighted by Crippen LogP contribution is 2.19. The fourth-order valence-electron chi connectivity index (χ4n) is 3.78. The maximum Gasteiger partial charge on any atom is 0.237 e. The molecule has 1 aromatic rings. The van der Waals surface area contributed by atoms with Gasteiger partial charge >= 0.3 is 0 Å². The molecule has 6 heteroatoms. The van der Waals surface area contributed by atoms with E-state index in [1.807, 2.05) is 0 Å². The number of benzene rings is 1. The monoisotopic (exact) mass is 401 g/mol. The molecule has 1 amide bonds. The van der Waals surface area contributed by atoms with Crippen molar-refractivity contribution in [3.8, 4) is 0 Å². The Morgan fingerprint density at radius 1 is 1.08 bits per heavy atom. The molecule has 3 rings (SSSR count). The lowest BCUT2D eigenvalue weighted by molar-refractivity contribution is -0.123. The summed E-state index contributed by atoms with van der Waals surface area (Å²) in [4.78, 5) is 14.7. The van der Waals surface area contributed by atoms with Crippen LogP contribution in [0.2, 0.25) is 0 Å². The van der Waals surface area contributed by atoms with E-state index in [0.717, 1.165) is 25.9 Å². The lowest BCUT2D eigenvalue weighted by atomic mass is 10.0. The number of nitrogens with one attached hydrogen (secondary N) is 2. The first-order chi connectivity index (χ1) is 11.7. The van der Waals surface area contributed by atoms with E-state index in [2.05, 4.69) is 46.7 Å². The molecule has 2 N–H and O–H groups in total. The second-order valence-corrected chi connectivity index (χ2v) is 7.35. The molecule has 26 heavy (non-hydrogen) atoms. The van der Waals surface area contributed by atoms with E-state index < -0.39 is 0 Å². The Kier molecular flexibility index (Phi) is 10.6. The summed E-state index contributed by atoms with van der Waals surface area (Å²) in [5, 5.41) is 6.36. The third-order valence-electron chi connectivity index (χ3n) is 5.44. The van der Waals surface area contributed by atoms with Crippen molar-refractivity contribution in [3.63, 3.8) is 0 Å². The van der Waals surface area contributed by atoms with Crippen molar-refractivity contribution >= 4 is 30.7 Å². The minimum absolute atomic E-state index is 0. The van der Waals surface area contributed by atoms with Gasteiger partial charge in [-0.3, -0.25) is 9.69 Å². The highest BCUT2D eigenvalue weighted by molar-refractivity contribution is 5.85. The maximum atomic E-state index is 12.2. The quantitative estimate of drug-likeness (QED) is 0.790. The molecule has 2 heterocycles. The fourth-order valence-corrected chi connectivity index (χ4v) is 3.78. The van der Waals surface area contributed by atoms with Gasteiger partial charge in [-0.1, -0.05) is 37.1 Å². The summed E-state index contributed by atoms with van der Waals surface area (Å²) in [6.07, 6.45) is 7.30. The zero-order valence-corrected chi connectivity index (χ0v) is 17.3. The number of carbonyl (C=O) groups excluding carboxylic acids is 1. The Morgan fingerprint density at radius 2 is 1.77 bits per heavy atom. The van der Waals surface area contributed by atoms with Crippen molar-refractivity contribution in [1.82, 2.24) is 15.5 Å². The molecular formula is C20H33Cl2N3O. The van der Waals surface area contributed by atoms with E-state index in [4.69, 9.17) is 0 Å². The van der Waals surface area contributed by atoms with Gasteiger partial charge in [0, 0.05) is 19.1 Å². The average molecular weight is 402 g/mol. The molecule has 2 saturated heterocycles. The smallest absolute Gasteiger partial charge is 0.237 e. The highest BCUT2D eigenvalue weighted by Gasteiger charge is 2.20. The molecule has 2 aliphatic heterocycles. The minimum atomic E-state index is -0.00128. The number of rotatable bonds is 5. The van der Waals surface area contributed by atoms with Gasteiger partial charge < -0.3 is 10.6 Å². The molecule has 0 aliphatic carbocycles. The molecule has 0 bridgehead atoms. The fraction of sp³-hybridized carbons (Fsp3) is 0.650. The zero-order chi connectivity index (χ0) is 16.8. The number of hydrogen-bond acceptors (Lipinski definition) is 3. The first-order valence-corrected chi connectivity index (χ1v) is 9.55. The molecule has 2 fully saturated rings. The average Bonchev–Trinajstić information content (AvgIpc) is 2.63. The summed E-state index contributed by atoms with van der Waals surface area (Å²) in [7, 11) is 0. The van der Waals surface area contributed by atoms with E-state index in [0.29, 0.717) is 12.6 Å². The molecule has 0 saturated carbocycles. The van der Waals surface area contributed by atoms with E-state index in [9.17, 15) is 4.79 Å². The Balaban J connectivity index is 0.00000169. The van der Waals surface area contributed by atoms with Crippen LogP contribution in [0, 0.1) is 0 Å². The maximum absolute atomic E-state index is 12.2. The molecule has 2 aliphatic rings. The standard InChI is InChI=1S/C20H31N3O.2ClH/c1-16-6-3-5-13-23(16)15-18-10-8-17(9-11-18)14-22-20(24)19-7-2-4-12-21-19;;/h8-11,16,19,21H,2-7,12-15H2,1H3,(H,22,24);2*1H.